The van der Waals surface area contributed by atoms with Gasteiger partial charge in [0.25, 0.3) is 5.91 Å². The maximum Gasteiger partial charge on any atom is 0.274 e. The van der Waals surface area contributed by atoms with Crippen LogP contribution in [-0.2, 0) is 0 Å². The molecule has 3 aromatic rings. The number of halogens is 1. The molecule has 5 nitrogen and oxygen atoms in total. The van der Waals surface area contributed by atoms with Gasteiger partial charge in [-0.05, 0) is 60.7 Å². The van der Waals surface area contributed by atoms with Crippen molar-refractivity contribution in [2.45, 2.75) is 0 Å². The van der Waals surface area contributed by atoms with Crippen LogP contribution < -0.4 is 15.4 Å². The van der Waals surface area contributed by atoms with Crippen LogP contribution in [0.3, 0.4) is 0 Å². The van der Waals surface area contributed by atoms with Gasteiger partial charge in [0.05, 0.1) is 19.0 Å². The fraction of sp³-hybridized carbons (Fsp3) is 0.0526. The molecule has 0 unspecified atom stereocenters. The Labute approximate surface area is 150 Å². The Kier molecular flexibility index (Phi) is 5.16. The first kappa shape index (κ1) is 16.8. The SMILES string of the molecule is COc1ccc(Nc2ccc(C(=O)Nc3ccc(Cl)cc3)nc2)cc1. The third-order valence-electron chi connectivity index (χ3n) is 3.48. The molecule has 1 amide bonds. The lowest BCUT2D eigenvalue weighted by molar-refractivity contribution is 0.102. The number of nitrogens with one attached hydrogen (secondary N) is 2. The van der Waals surface area contributed by atoms with E-state index in [2.05, 4.69) is 15.6 Å². The van der Waals surface area contributed by atoms with Gasteiger partial charge in [-0.3, -0.25) is 4.79 Å². The summed E-state index contributed by atoms with van der Waals surface area (Å²) in [6, 6.07) is 17.9. The number of pyridine rings is 1. The van der Waals surface area contributed by atoms with Crippen molar-refractivity contribution in [3.05, 3.63) is 77.6 Å². The van der Waals surface area contributed by atoms with Crippen LogP contribution in [0, 0.1) is 0 Å². The third-order valence-corrected chi connectivity index (χ3v) is 3.73. The standard InChI is InChI=1S/C19H16ClN3O2/c1-25-17-9-6-14(7-10-17)22-16-8-11-18(21-12-16)19(24)23-15-4-2-13(20)3-5-15/h2-12,22H,1H3,(H,23,24). The Balaban J connectivity index is 1.64. The van der Waals surface area contributed by atoms with Gasteiger partial charge < -0.3 is 15.4 Å². The number of nitrogens with zero attached hydrogens (tertiary/aromatic N) is 1. The first-order valence-corrected chi connectivity index (χ1v) is 7.96. The van der Waals surface area contributed by atoms with Gasteiger partial charge in [-0.2, -0.15) is 0 Å². The van der Waals surface area contributed by atoms with Gasteiger partial charge in [-0.15, -0.1) is 0 Å². The Hall–Kier alpha value is -3.05. The highest BCUT2D eigenvalue weighted by Crippen LogP contribution is 2.20. The molecule has 0 aliphatic rings. The monoisotopic (exact) mass is 353 g/mol. The molecular formula is C19H16ClN3O2. The van der Waals surface area contributed by atoms with E-state index in [4.69, 9.17) is 16.3 Å². The van der Waals surface area contributed by atoms with Gasteiger partial charge in [0.2, 0.25) is 0 Å². The summed E-state index contributed by atoms with van der Waals surface area (Å²) in [6.07, 6.45) is 1.61. The van der Waals surface area contributed by atoms with Crippen molar-refractivity contribution in [2.75, 3.05) is 17.7 Å². The van der Waals surface area contributed by atoms with E-state index < -0.39 is 0 Å². The smallest absolute Gasteiger partial charge is 0.274 e. The summed E-state index contributed by atoms with van der Waals surface area (Å²) in [5.41, 5.74) is 2.68. The van der Waals surface area contributed by atoms with Gasteiger partial charge in [0, 0.05) is 16.4 Å². The van der Waals surface area contributed by atoms with Crippen molar-refractivity contribution in [3.63, 3.8) is 0 Å². The summed E-state index contributed by atoms with van der Waals surface area (Å²) in [4.78, 5) is 16.4. The second kappa shape index (κ2) is 7.68. The Morgan fingerprint density at radius 1 is 0.920 bits per heavy atom. The molecule has 6 heteroatoms. The first-order chi connectivity index (χ1) is 12.1. The third kappa shape index (κ3) is 4.49. The van der Waals surface area contributed by atoms with Crippen LogP contribution in [0.5, 0.6) is 5.75 Å². The van der Waals surface area contributed by atoms with Crippen molar-refractivity contribution in [3.8, 4) is 5.75 Å². The van der Waals surface area contributed by atoms with Crippen LogP contribution in [0.2, 0.25) is 5.02 Å². The second-order valence-electron chi connectivity index (χ2n) is 5.25. The lowest BCUT2D eigenvalue weighted by Crippen LogP contribution is -2.13. The molecule has 2 aromatic carbocycles. The van der Waals surface area contributed by atoms with Crippen molar-refractivity contribution in [2.24, 2.45) is 0 Å². The summed E-state index contributed by atoms with van der Waals surface area (Å²) >= 11 is 5.83. The zero-order chi connectivity index (χ0) is 17.6. The number of amides is 1. The number of rotatable bonds is 5. The molecular weight excluding hydrogens is 338 g/mol. The van der Waals surface area contributed by atoms with Crippen molar-refractivity contribution in [1.29, 1.82) is 0 Å². The topological polar surface area (TPSA) is 63.2 Å². The molecule has 2 N–H and O–H groups in total. The molecule has 0 aliphatic carbocycles. The normalized spacial score (nSPS) is 10.2. The number of carbonyl (C=O) groups excluding carboxylic acids is 1. The molecule has 0 radical (unpaired) electrons. The number of benzene rings is 2. The zero-order valence-corrected chi connectivity index (χ0v) is 14.2. The molecule has 0 saturated heterocycles. The Morgan fingerprint density at radius 3 is 2.16 bits per heavy atom. The maximum atomic E-state index is 12.2. The summed E-state index contributed by atoms with van der Waals surface area (Å²) in [5, 5.41) is 6.60. The predicted octanol–water partition coefficient (Wildman–Crippen LogP) is 4.74. The number of hydrogen-bond acceptors (Lipinski definition) is 4. The van der Waals surface area contributed by atoms with E-state index in [1.807, 2.05) is 24.3 Å². The van der Waals surface area contributed by atoms with Gasteiger partial charge in [0.15, 0.2) is 0 Å². The second-order valence-corrected chi connectivity index (χ2v) is 5.68. The predicted molar refractivity (Wildman–Crippen MR) is 99.9 cm³/mol. The first-order valence-electron chi connectivity index (χ1n) is 7.58. The summed E-state index contributed by atoms with van der Waals surface area (Å²) in [6.45, 7) is 0. The molecule has 126 valence electrons. The largest absolute Gasteiger partial charge is 0.497 e. The fourth-order valence-corrected chi connectivity index (χ4v) is 2.30. The number of aromatic nitrogens is 1. The van der Waals surface area contributed by atoms with Gasteiger partial charge in [-0.25, -0.2) is 4.98 Å². The quantitative estimate of drug-likeness (QED) is 0.695. The van der Waals surface area contributed by atoms with E-state index in [0.717, 1.165) is 17.1 Å². The molecule has 3 rings (SSSR count). The van der Waals surface area contributed by atoms with Crippen LogP contribution in [-0.4, -0.2) is 18.0 Å². The van der Waals surface area contributed by atoms with Crippen molar-refractivity contribution in [1.82, 2.24) is 4.98 Å². The molecule has 0 bridgehead atoms. The molecule has 1 heterocycles. The average molecular weight is 354 g/mol. The average Bonchev–Trinajstić information content (AvgIpc) is 2.65. The fourth-order valence-electron chi connectivity index (χ4n) is 2.17. The lowest BCUT2D eigenvalue weighted by atomic mass is 10.2. The molecule has 0 saturated carbocycles. The van der Waals surface area contributed by atoms with Crippen LogP contribution >= 0.6 is 11.6 Å². The lowest BCUT2D eigenvalue weighted by Gasteiger charge is -2.08. The van der Waals surface area contributed by atoms with Gasteiger partial charge >= 0.3 is 0 Å². The van der Waals surface area contributed by atoms with Crippen molar-refractivity contribution < 1.29 is 9.53 Å². The van der Waals surface area contributed by atoms with Gasteiger partial charge in [-0.1, -0.05) is 11.6 Å². The minimum atomic E-state index is -0.279. The van der Waals surface area contributed by atoms with E-state index in [1.165, 1.54) is 0 Å². The summed E-state index contributed by atoms with van der Waals surface area (Å²) in [7, 11) is 1.63. The van der Waals surface area contributed by atoms with Crippen LogP contribution in [0.4, 0.5) is 17.1 Å². The minimum Gasteiger partial charge on any atom is -0.497 e. The Bertz CT molecular complexity index is 847. The van der Waals surface area contributed by atoms with E-state index in [9.17, 15) is 4.79 Å². The van der Waals surface area contributed by atoms with E-state index in [-0.39, 0.29) is 5.91 Å². The number of anilines is 3. The summed E-state index contributed by atoms with van der Waals surface area (Å²) < 4.78 is 5.12. The highest BCUT2D eigenvalue weighted by Gasteiger charge is 2.08. The van der Waals surface area contributed by atoms with E-state index in [1.54, 1.807) is 49.7 Å². The van der Waals surface area contributed by atoms with E-state index >= 15 is 0 Å². The zero-order valence-electron chi connectivity index (χ0n) is 13.5. The highest BCUT2D eigenvalue weighted by atomic mass is 35.5. The van der Waals surface area contributed by atoms with Crippen LogP contribution in [0.1, 0.15) is 10.5 Å². The van der Waals surface area contributed by atoms with Crippen molar-refractivity contribution >= 4 is 34.6 Å². The molecule has 0 atom stereocenters. The Morgan fingerprint density at radius 2 is 1.56 bits per heavy atom. The number of hydrogen-bond donors (Lipinski definition) is 2. The summed E-state index contributed by atoms with van der Waals surface area (Å²) in [5.74, 6) is 0.510. The van der Waals surface area contributed by atoms with E-state index in [0.29, 0.717) is 16.4 Å². The molecule has 0 aliphatic heterocycles. The molecule has 0 spiro atoms. The molecule has 0 fully saturated rings. The molecule has 25 heavy (non-hydrogen) atoms. The highest BCUT2D eigenvalue weighted by molar-refractivity contribution is 6.30. The number of carbonyl (C=O) groups is 1. The molecule has 1 aromatic heterocycles. The van der Waals surface area contributed by atoms with Crippen LogP contribution in [0.25, 0.3) is 0 Å². The number of methoxy groups -OCH3 is 1. The minimum absolute atomic E-state index is 0.279. The maximum absolute atomic E-state index is 12.2. The van der Waals surface area contributed by atoms with Gasteiger partial charge in [0.1, 0.15) is 11.4 Å². The number of ether oxygens (including phenoxy) is 1. The van der Waals surface area contributed by atoms with Crippen LogP contribution in [0.15, 0.2) is 66.9 Å².